The zero-order valence-corrected chi connectivity index (χ0v) is 20.3. The van der Waals surface area contributed by atoms with E-state index in [1.165, 1.54) is 26.3 Å². The average molecular weight is 479 g/mol. The number of ether oxygens (including phenoxy) is 3. The van der Waals surface area contributed by atoms with Crippen molar-refractivity contribution in [2.45, 2.75) is 58.8 Å². The monoisotopic (exact) mass is 478 g/mol. The van der Waals surface area contributed by atoms with Crippen LogP contribution in [0.3, 0.4) is 0 Å². The van der Waals surface area contributed by atoms with Crippen LogP contribution >= 0.6 is 11.6 Å². The Hall–Kier alpha value is -3.00. The topological polar surface area (TPSA) is 107 Å². The molecule has 0 aliphatic rings. The third kappa shape index (κ3) is 6.99. The lowest BCUT2D eigenvalue weighted by Crippen LogP contribution is -2.45. The molecule has 0 saturated carbocycles. The molecule has 2 aromatic rings. The maximum absolute atomic E-state index is 12.7. The first-order chi connectivity index (χ1) is 15.7. The van der Waals surface area contributed by atoms with Crippen LogP contribution in [0, 0.1) is 5.92 Å². The number of aromatic hydroxyl groups is 1. The fourth-order valence-electron chi connectivity index (χ4n) is 3.47. The molecule has 180 valence electrons. The van der Waals surface area contributed by atoms with E-state index in [1.54, 1.807) is 31.2 Å². The van der Waals surface area contributed by atoms with Crippen molar-refractivity contribution in [1.29, 1.82) is 0 Å². The van der Waals surface area contributed by atoms with Gasteiger partial charge in [-0.1, -0.05) is 31.5 Å². The number of hydrogen-bond donors (Lipinski definition) is 2. The van der Waals surface area contributed by atoms with E-state index in [1.807, 2.05) is 13.8 Å². The normalized spacial score (nSPS) is 13.7. The number of aromatic nitrogens is 1. The fourth-order valence-corrected chi connectivity index (χ4v) is 3.65. The Balaban J connectivity index is 2.09. The van der Waals surface area contributed by atoms with Crippen molar-refractivity contribution in [1.82, 2.24) is 10.3 Å². The SMILES string of the molecule is CCC(CC)[C@@H](Oc1cccc(Cl)c1)[C@H](C)OC(=O)[C@H](C)NC(=O)c1nccc(OC)c1O. The predicted octanol–water partition coefficient (Wildman–Crippen LogP) is 4.38. The molecule has 0 aliphatic heterocycles. The first-order valence-corrected chi connectivity index (χ1v) is 11.2. The van der Waals surface area contributed by atoms with E-state index in [0.717, 1.165) is 12.8 Å². The Morgan fingerprint density at radius 1 is 1.18 bits per heavy atom. The van der Waals surface area contributed by atoms with Gasteiger partial charge in [0.2, 0.25) is 0 Å². The third-order valence-corrected chi connectivity index (χ3v) is 5.60. The molecule has 0 aliphatic carbocycles. The second-order valence-corrected chi connectivity index (χ2v) is 8.10. The molecule has 0 bridgehead atoms. The van der Waals surface area contributed by atoms with Crippen LogP contribution < -0.4 is 14.8 Å². The quantitative estimate of drug-likeness (QED) is 0.461. The van der Waals surface area contributed by atoms with Crippen molar-refractivity contribution in [3.63, 3.8) is 0 Å². The third-order valence-electron chi connectivity index (χ3n) is 5.37. The Morgan fingerprint density at radius 3 is 2.48 bits per heavy atom. The van der Waals surface area contributed by atoms with Crippen LogP contribution in [0.15, 0.2) is 36.5 Å². The lowest BCUT2D eigenvalue weighted by atomic mass is 9.93. The number of amides is 1. The minimum Gasteiger partial charge on any atom is -0.503 e. The van der Waals surface area contributed by atoms with Crippen molar-refractivity contribution < 1.29 is 28.9 Å². The van der Waals surface area contributed by atoms with E-state index in [0.29, 0.717) is 10.8 Å². The molecule has 1 aromatic carbocycles. The molecule has 1 heterocycles. The van der Waals surface area contributed by atoms with Gasteiger partial charge in [-0.25, -0.2) is 9.78 Å². The van der Waals surface area contributed by atoms with E-state index < -0.39 is 35.9 Å². The molecule has 0 saturated heterocycles. The number of nitrogens with one attached hydrogen (secondary N) is 1. The van der Waals surface area contributed by atoms with Crippen LogP contribution in [-0.4, -0.2) is 47.3 Å². The maximum atomic E-state index is 12.7. The molecular formula is C24H31ClN2O6. The minimum atomic E-state index is -0.985. The van der Waals surface area contributed by atoms with E-state index in [9.17, 15) is 14.7 Å². The van der Waals surface area contributed by atoms with E-state index in [4.69, 9.17) is 25.8 Å². The van der Waals surface area contributed by atoms with Crippen LogP contribution in [0.4, 0.5) is 0 Å². The lowest BCUT2D eigenvalue weighted by Gasteiger charge is -2.31. The van der Waals surface area contributed by atoms with Gasteiger partial charge >= 0.3 is 5.97 Å². The van der Waals surface area contributed by atoms with Crippen molar-refractivity contribution >= 4 is 23.5 Å². The number of benzene rings is 1. The molecular weight excluding hydrogens is 448 g/mol. The van der Waals surface area contributed by atoms with Crippen molar-refractivity contribution in [2.24, 2.45) is 5.92 Å². The molecule has 0 fully saturated rings. The second-order valence-electron chi connectivity index (χ2n) is 7.66. The van der Waals surface area contributed by atoms with Gasteiger partial charge in [0.25, 0.3) is 5.91 Å². The lowest BCUT2D eigenvalue weighted by molar-refractivity contribution is -0.156. The van der Waals surface area contributed by atoms with Crippen molar-refractivity contribution in [2.75, 3.05) is 7.11 Å². The summed E-state index contributed by atoms with van der Waals surface area (Å²) in [6.45, 7) is 7.35. The first kappa shape index (κ1) is 26.3. The summed E-state index contributed by atoms with van der Waals surface area (Å²) >= 11 is 6.07. The smallest absolute Gasteiger partial charge is 0.328 e. The van der Waals surface area contributed by atoms with Crippen LogP contribution in [0.25, 0.3) is 0 Å². The zero-order chi connectivity index (χ0) is 24.5. The van der Waals surface area contributed by atoms with E-state index >= 15 is 0 Å². The molecule has 1 amide bonds. The number of nitrogens with zero attached hydrogens (tertiary/aromatic N) is 1. The fraction of sp³-hybridized carbons (Fsp3) is 0.458. The van der Waals surface area contributed by atoms with Crippen LogP contribution in [0.2, 0.25) is 5.02 Å². The molecule has 9 heteroatoms. The highest BCUT2D eigenvalue weighted by atomic mass is 35.5. The highest BCUT2D eigenvalue weighted by molar-refractivity contribution is 6.30. The molecule has 0 radical (unpaired) electrons. The van der Waals surface area contributed by atoms with Gasteiger partial charge in [0.1, 0.15) is 24.0 Å². The Bertz CT molecular complexity index is 950. The number of esters is 1. The average Bonchev–Trinajstić information content (AvgIpc) is 2.79. The molecule has 3 atom stereocenters. The molecule has 0 unspecified atom stereocenters. The second kappa shape index (κ2) is 12.3. The van der Waals surface area contributed by atoms with Gasteiger partial charge < -0.3 is 24.6 Å². The maximum Gasteiger partial charge on any atom is 0.328 e. The number of pyridine rings is 1. The van der Waals surface area contributed by atoms with Crippen LogP contribution in [-0.2, 0) is 9.53 Å². The molecule has 1 aromatic heterocycles. The Morgan fingerprint density at radius 2 is 1.88 bits per heavy atom. The summed E-state index contributed by atoms with van der Waals surface area (Å²) in [5, 5.41) is 13.2. The Kier molecular flexibility index (Phi) is 9.78. The summed E-state index contributed by atoms with van der Waals surface area (Å²) in [6.07, 6.45) is 1.98. The van der Waals surface area contributed by atoms with E-state index in [-0.39, 0.29) is 17.4 Å². The van der Waals surface area contributed by atoms with Gasteiger partial charge in [-0.2, -0.15) is 0 Å². The standard InChI is InChI=1S/C24H31ClN2O6/c1-6-16(7-2)22(33-18-10-8-9-17(25)13-18)15(4)32-24(30)14(3)27-23(29)20-21(28)19(31-5)11-12-26-20/h8-16,22,28H,6-7H2,1-5H3,(H,27,29)/t14-,15-,22-/m0/s1. The first-order valence-electron chi connectivity index (χ1n) is 10.9. The molecule has 33 heavy (non-hydrogen) atoms. The number of hydrogen-bond acceptors (Lipinski definition) is 7. The van der Waals surface area contributed by atoms with Crippen LogP contribution in [0.1, 0.15) is 51.0 Å². The highest BCUT2D eigenvalue weighted by Gasteiger charge is 2.31. The molecule has 0 spiro atoms. The number of rotatable bonds is 11. The highest BCUT2D eigenvalue weighted by Crippen LogP contribution is 2.28. The van der Waals surface area contributed by atoms with Crippen LogP contribution in [0.5, 0.6) is 17.2 Å². The number of halogens is 1. The summed E-state index contributed by atoms with van der Waals surface area (Å²) in [7, 11) is 1.36. The molecule has 2 rings (SSSR count). The zero-order valence-electron chi connectivity index (χ0n) is 19.5. The van der Waals surface area contributed by atoms with Crippen molar-refractivity contribution in [3.05, 3.63) is 47.2 Å². The van der Waals surface area contributed by atoms with Gasteiger partial charge in [0.05, 0.1) is 7.11 Å². The number of carbonyl (C=O) groups is 2. The van der Waals surface area contributed by atoms with Gasteiger partial charge in [0.15, 0.2) is 17.2 Å². The summed E-state index contributed by atoms with van der Waals surface area (Å²) in [5.41, 5.74) is -0.249. The van der Waals surface area contributed by atoms with Gasteiger partial charge in [-0.15, -0.1) is 0 Å². The predicted molar refractivity (Wildman–Crippen MR) is 125 cm³/mol. The number of carbonyl (C=O) groups excluding carboxylic acids is 2. The summed E-state index contributed by atoms with van der Waals surface area (Å²) in [4.78, 5) is 29.1. The van der Waals surface area contributed by atoms with Crippen molar-refractivity contribution in [3.8, 4) is 17.2 Å². The van der Waals surface area contributed by atoms with Gasteiger partial charge in [-0.3, -0.25) is 4.79 Å². The number of methoxy groups -OCH3 is 1. The summed E-state index contributed by atoms with van der Waals surface area (Å²) in [6, 6.07) is 7.49. The molecule has 8 nitrogen and oxygen atoms in total. The molecule has 2 N–H and O–H groups in total. The van der Waals surface area contributed by atoms with E-state index in [2.05, 4.69) is 10.3 Å². The summed E-state index contributed by atoms with van der Waals surface area (Å²) < 4.78 is 16.8. The van der Waals surface area contributed by atoms with Gasteiger partial charge in [-0.05, 0) is 50.8 Å². The Labute approximate surface area is 199 Å². The minimum absolute atomic E-state index is 0.102. The largest absolute Gasteiger partial charge is 0.503 e. The summed E-state index contributed by atoms with van der Waals surface area (Å²) in [5.74, 6) is -0.947. The van der Waals surface area contributed by atoms with Gasteiger partial charge in [0, 0.05) is 17.3 Å².